The maximum Gasteiger partial charge on any atom is 0.131 e. The first-order chi connectivity index (χ1) is 13.7. The van der Waals surface area contributed by atoms with Gasteiger partial charge in [-0.2, -0.15) is 0 Å². The normalized spacial score (nSPS) is 22.3. The predicted octanol–water partition coefficient (Wildman–Crippen LogP) is 2.29. The molecule has 5 rings (SSSR count). The summed E-state index contributed by atoms with van der Waals surface area (Å²) in [6.07, 6.45) is 4.67. The Bertz CT molecular complexity index is 1060. The monoisotopic (exact) mass is 393 g/mol. The van der Waals surface area contributed by atoms with Crippen molar-refractivity contribution in [2.75, 3.05) is 35.2 Å². The van der Waals surface area contributed by atoms with Gasteiger partial charge < -0.3 is 15.5 Å². The summed E-state index contributed by atoms with van der Waals surface area (Å²) in [4.78, 5) is 14.7. The number of nitrogens with two attached hydrogens (primary N) is 1. The molecule has 1 fully saturated rings. The number of hydrogen-bond acceptors (Lipinski definition) is 6. The third-order valence-electron chi connectivity index (χ3n) is 5.59. The van der Waals surface area contributed by atoms with Crippen LogP contribution < -0.4 is 15.5 Å². The largest absolute Gasteiger partial charge is 0.369 e. The van der Waals surface area contributed by atoms with Gasteiger partial charge >= 0.3 is 0 Å². The molecule has 0 radical (unpaired) electrons. The predicted molar refractivity (Wildman–Crippen MR) is 113 cm³/mol. The summed E-state index contributed by atoms with van der Waals surface area (Å²) in [5, 5.41) is 1.05. The zero-order valence-corrected chi connectivity index (χ0v) is 16.4. The Morgan fingerprint density at radius 2 is 2.04 bits per heavy atom. The van der Waals surface area contributed by atoms with Crippen LogP contribution >= 0.6 is 0 Å². The van der Waals surface area contributed by atoms with Gasteiger partial charge in [0.25, 0.3) is 0 Å². The van der Waals surface area contributed by atoms with Crippen molar-refractivity contribution in [2.45, 2.75) is 23.9 Å². The van der Waals surface area contributed by atoms with Crippen molar-refractivity contribution in [1.82, 2.24) is 9.97 Å². The van der Waals surface area contributed by atoms with Crippen LogP contribution in [-0.2, 0) is 17.3 Å². The lowest BCUT2D eigenvalue weighted by molar-refractivity contribution is 0.683. The fourth-order valence-electron chi connectivity index (χ4n) is 4.11. The Morgan fingerprint density at radius 1 is 1.14 bits per heavy atom. The van der Waals surface area contributed by atoms with Gasteiger partial charge in [-0.3, -0.25) is 9.19 Å². The zero-order valence-electron chi connectivity index (χ0n) is 15.6. The highest BCUT2D eigenvalue weighted by Crippen LogP contribution is 2.33. The van der Waals surface area contributed by atoms with E-state index in [1.54, 1.807) is 6.20 Å². The summed E-state index contributed by atoms with van der Waals surface area (Å²) in [6.45, 7) is 3.22. The molecular formula is C21H23N5OS. The average Bonchev–Trinajstić information content (AvgIpc) is 3.08. The molecule has 28 heavy (non-hydrogen) atoms. The number of rotatable bonds is 2. The number of hydrogen-bond donors (Lipinski definition) is 1. The van der Waals surface area contributed by atoms with Crippen LogP contribution in [0.15, 0.2) is 53.7 Å². The molecule has 0 aliphatic carbocycles. The van der Waals surface area contributed by atoms with Crippen molar-refractivity contribution in [3.05, 3.63) is 54.4 Å². The number of aromatic nitrogens is 2. The second-order valence-corrected chi connectivity index (χ2v) is 9.01. The maximum absolute atomic E-state index is 12.6. The van der Waals surface area contributed by atoms with Crippen LogP contribution in [0.2, 0.25) is 0 Å². The third kappa shape index (κ3) is 3.14. The van der Waals surface area contributed by atoms with Crippen LogP contribution in [0.4, 0.5) is 11.5 Å². The molecule has 2 unspecified atom stereocenters. The van der Waals surface area contributed by atoms with Crippen LogP contribution in [0.5, 0.6) is 0 Å². The summed E-state index contributed by atoms with van der Waals surface area (Å²) in [7, 11) is -0.973. The zero-order chi connectivity index (χ0) is 19.1. The minimum absolute atomic E-state index is 0.204. The van der Waals surface area contributed by atoms with E-state index in [1.165, 1.54) is 0 Å². The minimum atomic E-state index is -0.973. The minimum Gasteiger partial charge on any atom is -0.369 e. The van der Waals surface area contributed by atoms with Crippen molar-refractivity contribution < 1.29 is 4.21 Å². The molecule has 2 aromatic heterocycles. The quantitative estimate of drug-likeness (QED) is 0.720. The van der Waals surface area contributed by atoms with Crippen molar-refractivity contribution in [2.24, 2.45) is 5.73 Å². The summed E-state index contributed by atoms with van der Waals surface area (Å²) in [6, 6.07) is 12.3. The summed E-state index contributed by atoms with van der Waals surface area (Å²) in [5.41, 5.74) is 9.34. The van der Waals surface area contributed by atoms with Gasteiger partial charge in [-0.25, -0.2) is 4.98 Å². The second kappa shape index (κ2) is 7.14. The molecule has 6 nitrogen and oxygen atoms in total. The first-order valence-corrected chi connectivity index (χ1v) is 11.0. The Hall–Kier alpha value is -2.51. The summed E-state index contributed by atoms with van der Waals surface area (Å²) >= 11 is 0. The molecule has 1 saturated heterocycles. The number of pyridine rings is 2. The lowest BCUT2D eigenvalue weighted by atomic mass is 10.2. The molecule has 2 aliphatic rings. The number of nitrogens with zero attached hydrogens (tertiary/aromatic N) is 4. The molecular weight excluding hydrogens is 370 g/mol. The van der Waals surface area contributed by atoms with Gasteiger partial charge in [0.2, 0.25) is 0 Å². The summed E-state index contributed by atoms with van der Waals surface area (Å²) in [5.74, 6) is 1.53. The van der Waals surface area contributed by atoms with Gasteiger partial charge in [0.1, 0.15) is 5.82 Å². The number of fused-ring (bicyclic) bond motifs is 2. The van der Waals surface area contributed by atoms with Gasteiger partial charge in [0, 0.05) is 66.7 Å². The highest BCUT2D eigenvalue weighted by atomic mass is 32.2. The Kier molecular flexibility index (Phi) is 4.49. The van der Waals surface area contributed by atoms with E-state index in [-0.39, 0.29) is 6.04 Å². The Morgan fingerprint density at radius 3 is 2.89 bits per heavy atom. The highest BCUT2D eigenvalue weighted by molar-refractivity contribution is 7.85. The first kappa shape index (κ1) is 17.6. The maximum atomic E-state index is 12.6. The van der Waals surface area contributed by atoms with Crippen molar-refractivity contribution in [1.29, 1.82) is 0 Å². The van der Waals surface area contributed by atoms with Gasteiger partial charge in [-0.05, 0) is 24.1 Å². The molecule has 0 bridgehead atoms. The van der Waals surface area contributed by atoms with E-state index >= 15 is 0 Å². The van der Waals surface area contributed by atoms with E-state index in [1.807, 2.05) is 30.5 Å². The standard InChI is InChI=1S/C21H23N5OS/c22-16-6-8-25(14-16)19-11-21(24-18-5-7-23-12-17(18)19)26-9-10-28(27)20-4-2-1-3-15(20)13-26/h1-5,7,11-12,16H,6,8-10,13-14,22H2. The van der Waals surface area contributed by atoms with Gasteiger partial charge in [-0.1, -0.05) is 18.2 Å². The molecule has 3 aromatic rings. The lowest BCUT2D eigenvalue weighted by Gasteiger charge is -2.26. The van der Waals surface area contributed by atoms with Crippen LogP contribution in [0.3, 0.4) is 0 Å². The van der Waals surface area contributed by atoms with Crippen LogP contribution in [-0.4, -0.2) is 45.6 Å². The Labute approximate surface area is 166 Å². The fourth-order valence-corrected chi connectivity index (χ4v) is 5.37. The first-order valence-electron chi connectivity index (χ1n) is 9.65. The van der Waals surface area contributed by atoms with E-state index in [4.69, 9.17) is 10.7 Å². The topological polar surface area (TPSA) is 75.3 Å². The molecule has 1 aromatic carbocycles. The lowest BCUT2D eigenvalue weighted by Crippen LogP contribution is -2.28. The van der Waals surface area contributed by atoms with E-state index in [0.29, 0.717) is 18.8 Å². The van der Waals surface area contributed by atoms with Crippen molar-refractivity contribution in [3.63, 3.8) is 0 Å². The molecule has 2 aliphatic heterocycles. The van der Waals surface area contributed by atoms with E-state index in [9.17, 15) is 4.21 Å². The van der Waals surface area contributed by atoms with Crippen LogP contribution in [0, 0.1) is 0 Å². The molecule has 0 saturated carbocycles. The van der Waals surface area contributed by atoms with E-state index < -0.39 is 10.8 Å². The molecule has 7 heteroatoms. The van der Waals surface area contributed by atoms with Crippen molar-refractivity contribution >= 4 is 33.2 Å². The van der Waals surface area contributed by atoms with Crippen LogP contribution in [0.25, 0.3) is 10.9 Å². The van der Waals surface area contributed by atoms with E-state index in [0.717, 1.165) is 52.4 Å². The molecule has 0 amide bonds. The van der Waals surface area contributed by atoms with E-state index in [2.05, 4.69) is 26.9 Å². The molecule has 2 N–H and O–H groups in total. The molecule has 144 valence electrons. The fraction of sp³-hybridized carbons (Fsp3) is 0.333. The Balaban J connectivity index is 1.58. The smallest absolute Gasteiger partial charge is 0.131 e. The SMILES string of the molecule is NC1CCN(c2cc(N3CCS(=O)c4ccccc4C3)nc3ccncc23)C1. The molecule has 2 atom stereocenters. The van der Waals surface area contributed by atoms with Gasteiger partial charge in [-0.15, -0.1) is 0 Å². The third-order valence-corrected chi connectivity index (χ3v) is 7.03. The highest BCUT2D eigenvalue weighted by Gasteiger charge is 2.24. The second-order valence-electron chi connectivity index (χ2n) is 7.47. The van der Waals surface area contributed by atoms with Gasteiger partial charge in [0.05, 0.1) is 22.0 Å². The van der Waals surface area contributed by atoms with Crippen LogP contribution in [0.1, 0.15) is 12.0 Å². The summed E-state index contributed by atoms with van der Waals surface area (Å²) < 4.78 is 12.6. The molecule has 4 heterocycles. The number of benzene rings is 1. The number of anilines is 2. The van der Waals surface area contributed by atoms with Crippen molar-refractivity contribution in [3.8, 4) is 0 Å². The average molecular weight is 394 g/mol. The molecule has 0 spiro atoms. The van der Waals surface area contributed by atoms with Gasteiger partial charge in [0.15, 0.2) is 0 Å².